The van der Waals surface area contributed by atoms with Gasteiger partial charge < -0.3 is 11.1 Å². The minimum Gasteiger partial charge on any atom is -0.353 e. The lowest BCUT2D eigenvalue weighted by molar-refractivity contribution is -0.127. The van der Waals surface area contributed by atoms with Crippen LogP contribution in [0.5, 0.6) is 0 Å². The summed E-state index contributed by atoms with van der Waals surface area (Å²) in [6.45, 7) is 6.29. The summed E-state index contributed by atoms with van der Waals surface area (Å²) < 4.78 is 0. The van der Waals surface area contributed by atoms with Crippen LogP contribution in [0.4, 0.5) is 0 Å². The Hall–Kier alpha value is -0.570. The summed E-state index contributed by atoms with van der Waals surface area (Å²) in [5, 5.41) is 3.05. The zero-order valence-electron chi connectivity index (χ0n) is 10.1. The van der Waals surface area contributed by atoms with Crippen LogP contribution in [-0.4, -0.2) is 18.0 Å². The molecule has 1 amide bonds. The zero-order chi connectivity index (χ0) is 11.4. The van der Waals surface area contributed by atoms with E-state index in [2.05, 4.69) is 26.1 Å². The highest BCUT2D eigenvalue weighted by Gasteiger charge is 2.29. The number of nitrogens with two attached hydrogens (primary N) is 1. The Balaban J connectivity index is 2.40. The summed E-state index contributed by atoms with van der Waals surface area (Å²) in [6.07, 6.45) is 3.88. The molecule has 15 heavy (non-hydrogen) atoms. The van der Waals surface area contributed by atoms with Crippen molar-refractivity contribution in [1.29, 1.82) is 0 Å². The molecule has 4 atom stereocenters. The molecule has 88 valence electrons. The third-order valence-electron chi connectivity index (χ3n) is 3.61. The Kier molecular flexibility index (Phi) is 4.58. The standard InChI is InChI=1S/C12H24N2O/c1-4-9(3)14-12(15)10-5-6-11(13)8(2)7-10/h8-11H,4-7,13H2,1-3H3,(H,14,15). The molecular weight excluding hydrogens is 188 g/mol. The van der Waals surface area contributed by atoms with E-state index >= 15 is 0 Å². The number of hydrogen-bond acceptors (Lipinski definition) is 2. The molecule has 0 aromatic carbocycles. The van der Waals surface area contributed by atoms with Gasteiger partial charge in [0.2, 0.25) is 5.91 Å². The topological polar surface area (TPSA) is 55.1 Å². The number of nitrogens with one attached hydrogen (secondary N) is 1. The molecule has 1 aliphatic rings. The molecule has 0 spiro atoms. The third kappa shape index (κ3) is 3.49. The van der Waals surface area contributed by atoms with Gasteiger partial charge in [0, 0.05) is 18.0 Å². The van der Waals surface area contributed by atoms with Gasteiger partial charge in [-0.3, -0.25) is 4.79 Å². The Morgan fingerprint density at radius 2 is 2.20 bits per heavy atom. The molecular formula is C12H24N2O. The van der Waals surface area contributed by atoms with Crippen molar-refractivity contribution in [2.75, 3.05) is 0 Å². The fourth-order valence-corrected chi connectivity index (χ4v) is 2.12. The van der Waals surface area contributed by atoms with Crippen molar-refractivity contribution in [3.8, 4) is 0 Å². The summed E-state index contributed by atoms with van der Waals surface area (Å²) >= 11 is 0. The summed E-state index contributed by atoms with van der Waals surface area (Å²) in [5.41, 5.74) is 5.94. The fraction of sp³-hybridized carbons (Fsp3) is 0.917. The molecule has 0 saturated heterocycles. The zero-order valence-corrected chi connectivity index (χ0v) is 10.1. The lowest BCUT2D eigenvalue weighted by Gasteiger charge is -2.31. The number of carbonyl (C=O) groups excluding carboxylic acids is 1. The van der Waals surface area contributed by atoms with Crippen LogP contribution in [0.1, 0.15) is 46.5 Å². The molecule has 1 rings (SSSR count). The van der Waals surface area contributed by atoms with Gasteiger partial charge in [-0.05, 0) is 38.5 Å². The van der Waals surface area contributed by atoms with Crippen LogP contribution in [0.3, 0.4) is 0 Å². The van der Waals surface area contributed by atoms with Gasteiger partial charge in [-0.1, -0.05) is 13.8 Å². The molecule has 0 aromatic heterocycles. The highest BCUT2D eigenvalue weighted by Crippen LogP contribution is 2.28. The number of carbonyl (C=O) groups is 1. The van der Waals surface area contributed by atoms with Crippen molar-refractivity contribution in [2.45, 2.75) is 58.5 Å². The van der Waals surface area contributed by atoms with E-state index in [4.69, 9.17) is 5.73 Å². The lowest BCUT2D eigenvalue weighted by atomic mass is 9.79. The molecule has 4 unspecified atom stereocenters. The van der Waals surface area contributed by atoms with Crippen molar-refractivity contribution in [1.82, 2.24) is 5.32 Å². The van der Waals surface area contributed by atoms with Crippen LogP contribution in [-0.2, 0) is 4.79 Å². The van der Waals surface area contributed by atoms with Crippen molar-refractivity contribution in [3.63, 3.8) is 0 Å². The second kappa shape index (κ2) is 5.50. The molecule has 1 fully saturated rings. The Labute approximate surface area is 92.8 Å². The smallest absolute Gasteiger partial charge is 0.223 e. The van der Waals surface area contributed by atoms with Crippen LogP contribution >= 0.6 is 0 Å². The van der Waals surface area contributed by atoms with Crippen LogP contribution in [0.2, 0.25) is 0 Å². The summed E-state index contributed by atoms with van der Waals surface area (Å²) in [4.78, 5) is 11.9. The minimum absolute atomic E-state index is 0.189. The fourth-order valence-electron chi connectivity index (χ4n) is 2.12. The molecule has 0 aromatic rings. The second-order valence-corrected chi connectivity index (χ2v) is 4.97. The SMILES string of the molecule is CCC(C)NC(=O)C1CCC(N)C(C)C1. The first-order valence-electron chi connectivity index (χ1n) is 6.10. The molecule has 0 aliphatic heterocycles. The quantitative estimate of drug-likeness (QED) is 0.747. The largest absolute Gasteiger partial charge is 0.353 e. The number of amides is 1. The van der Waals surface area contributed by atoms with Crippen LogP contribution in [0.25, 0.3) is 0 Å². The first kappa shape index (κ1) is 12.5. The van der Waals surface area contributed by atoms with E-state index in [-0.39, 0.29) is 17.9 Å². The molecule has 0 bridgehead atoms. The van der Waals surface area contributed by atoms with E-state index in [0.29, 0.717) is 12.0 Å². The molecule has 3 heteroatoms. The van der Waals surface area contributed by atoms with E-state index in [0.717, 1.165) is 25.7 Å². The normalized spacial score (nSPS) is 33.5. The molecule has 1 aliphatic carbocycles. The van der Waals surface area contributed by atoms with Gasteiger partial charge in [0.15, 0.2) is 0 Å². The van der Waals surface area contributed by atoms with Crippen LogP contribution < -0.4 is 11.1 Å². The van der Waals surface area contributed by atoms with Gasteiger partial charge in [0.25, 0.3) is 0 Å². The summed E-state index contributed by atoms with van der Waals surface area (Å²) in [7, 11) is 0. The van der Waals surface area contributed by atoms with Crippen LogP contribution in [0.15, 0.2) is 0 Å². The van der Waals surface area contributed by atoms with Gasteiger partial charge in [-0.2, -0.15) is 0 Å². The minimum atomic E-state index is 0.189. The Bertz CT molecular complexity index is 218. The summed E-state index contributed by atoms with van der Waals surface area (Å²) in [5.74, 6) is 0.892. The maximum atomic E-state index is 11.9. The second-order valence-electron chi connectivity index (χ2n) is 4.97. The predicted molar refractivity (Wildman–Crippen MR) is 62.4 cm³/mol. The highest BCUT2D eigenvalue weighted by atomic mass is 16.1. The number of rotatable bonds is 3. The first-order chi connectivity index (χ1) is 7.04. The molecule has 3 nitrogen and oxygen atoms in total. The third-order valence-corrected chi connectivity index (χ3v) is 3.61. The van der Waals surface area contributed by atoms with Gasteiger partial charge in [-0.15, -0.1) is 0 Å². The lowest BCUT2D eigenvalue weighted by Crippen LogP contribution is -2.42. The molecule has 0 radical (unpaired) electrons. The van der Waals surface area contributed by atoms with Crippen molar-refractivity contribution in [2.24, 2.45) is 17.6 Å². The van der Waals surface area contributed by atoms with E-state index < -0.39 is 0 Å². The Morgan fingerprint density at radius 1 is 1.53 bits per heavy atom. The monoisotopic (exact) mass is 212 g/mol. The maximum Gasteiger partial charge on any atom is 0.223 e. The molecule has 0 heterocycles. The van der Waals surface area contributed by atoms with Crippen molar-refractivity contribution >= 4 is 5.91 Å². The molecule has 1 saturated carbocycles. The van der Waals surface area contributed by atoms with E-state index in [1.165, 1.54) is 0 Å². The van der Waals surface area contributed by atoms with Gasteiger partial charge in [0.05, 0.1) is 0 Å². The van der Waals surface area contributed by atoms with Crippen molar-refractivity contribution in [3.05, 3.63) is 0 Å². The van der Waals surface area contributed by atoms with Crippen molar-refractivity contribution < 1.29 is 4.79 Å². The first-order valence-corrected chi connectivity index (χ1v) is 6.10. The van der Waals surface area contributed by atoms with E-state index in [1.54, 1.807) is 0 Å². The summed E-state index contributed by atoms with van der Waals surface area (Å²) in [6, 6.07) is 0.584. The Morgan fingerprint density at radius 3 is 2.73 bits per heavy atom. The van der Waals surface area contributed by atoms with Gasteiger partial charge in [0.1, 0.15) is 0 Å². The average molecular weight is 212 g/mol. The number of hydrogen-bond donors (Lipinski definition) is 2. The highest BCUT2D eigenvalue weighted by molar-refractivity contribution is 5.79. The average Bonchev–Trinajstić information content (AvgIpc) is 2.21. The van der Waals surface area contributed by atoms with Gasteiger partial charge in [-0.25, -0.2) is 0 Å². The maximum absolute atomic E-state index is 11.9. The molecule has 3 N–H and O–H groups in total. The van der Waals surface area contributed by atoms with Crippen LogP contribution in [0, 0.1) is 11.8 Å². The van der Waals surface area contributed by atoms with E-state index in [9.17, 15) is 4.79 Å². The van der Waals surface area contributed by atoms with E-state index in [1.807, 2.05) is 0 Å². The van der Waals surface area contributed by atoms with Gasteiger partial charge >= 0.3 is 0 Å². The predicted octanol–water partition coefficient (Wildman–Crippen LogP) is 1.66.